The molecule has 2 heterocycles. The van der Waals surface area contributed by atoms with Crippen LogP contribution in [0.25, 0.3) is 0 Å². The van der Waals surface area contributed by atoms with Crippen LogP contribution in [-0.4, -0.2) is 38.2 Å². The number of ether oxygens (including phenoxy) is 1. The quantitative estimate of drug-likeness (QED) is 0.768. The fourth-order valence-corrected chi connectivity index (χ4v) is 2.78. The van der Waals surface area contributed by atoms with Crippen LogP contribution in [-0.2, 0) is 13.8 Å². The Morgan fingerprint density at radius 2 is 2.22 bits per heavy atom. The fourth-order valence-electron chi connectivity index (χ4n) is 1.75. The van der Waals surface area contributed by atoms with Crippen LogP contribution in [0.3, 0.4) is 0 Å². The van der Waals surface area contributed by atoms with Gasteiger partial charge in [0.2, 0.25) is 20.8 Å². The standard InChI is InChI=1S/C10H11ClN2O4S/c1-17-9-4-2-3-8(12-9)13-6-7(5-10(13)14)18(11,15)16/h2-4,7H,5-6H2,1H3. The zero-order valence-corrected chi connectivity index (χ0v) is 11.1. The predicted molar refractivity (Wildman–Crippen MR) is 66.3 cm³/mol. The maximum Gasteiger partial charge on any atom is 0.237 e. The number of methoxy groups -OCH3 is 1. The summed E-state index contributed by atoms with van der Waals surface area (Å²) in [7, 11) is 2.99. The first-order valence-corrected chi connectivity index (χ1v) is 7.54. The van der Waals surface area contributed by atoms with Crippen LogP contribution in [0.1, 0.15) is 6.42 Å². The van der Waals surface area contributed by atoms with Gasteiger partial charge in [-0.3, -0.25) is 9.69 Å². The smallest absolute Gasteiger partial charge is 0.237 e. The maximum atomic E-state index is 11.8. The third-order valence-electron chi connectivity index (χ3n) is 2.68. The summed E-state index contributed by atoms with van der Waals surface area (Å²) >= 11 is 0. The highest BCUT2D eigenvalue weighted by Crippen LogP contribution is 2.26. The van der Waals surface area contributed by atoms with E-state index in [-0.39, 0.29) is 18.9 Å². The van der Waals surface area contributed by atoms with Crippen molar-refractivity contribution in [3.8, 4) is 5.88 Å². The fraction of sp³-hybridized carbons (Fsp3) is 0.400. The van der Waals surface area contributed by atoms with Crippen LogP contribution in [0.15, 0.2) is 18.2 Å². The van der Waals surface area contributed by atoms with Crippen molar-refractivity contribution in [1.82, 2.24) is 4.98 Å². The predicted octanol–water partition coefficient (Wildman–Crippen LogP) is 0.764. The Balaban J connectivity index is 2.27. The summed E-state index contributed by atoms with van der Waals surface area (Å²) in [6, 6.07) is 4.93. The number of pyridine rings is 1. The average molecular weight is 291 g/mol. The molecule has 1 aliphatic rings. The van der Waals surface area contributed by atoms with E-state index in [1.807, 2.05) is 0 Å². The van der Waals surface area contributed by atoms with Gasteiger partial charge in [0.1, 0.15) is 11.1 Å². The van der Waals surface area contributed by atoms with Gasteiger partial charge in [0.05, 0.1) is 7.11 Å². The number of rotatable bonds is 3. The van der Waals surface area contributed by atoms with E-state index in [0.29, 0.717) is 11.7 Å². The lowest BCUT2D eigenvalue weighted by Crippen LogP contribution is -2.27. The van der Waals surface area contributed by atoms with Gasteiger partial charge in [0.15, 0.2) is 0 Å². The number of anilines is 1. The number of hydrogen-bond donors (Lipinski definition) is 0. The Morgan fingerprint density at radius 1 is 1.50 bits per heavy atom. The van der Waals surface area contributed by atoms with Gasteiger partial charge in [-0.2, -0.15) is 4.98 Å². The molecule has 1 aliphatic heterocycles. The molecule has 0 spiro atoms. The Hall–Kier alpha value is -1.34. The van der Waals surface area contributed by atoms with E-state index in [2.05, 4.69) is 4.98 Å². The van der Waals surface area contributed by atoms with Gasteiger partial charge in [-0.1, -0.05) is 6.07 Å². The second-order valence-corrected chi connectivity index (χ2v) is 6.75. The topological polar surface area (TPSA) is 76.6 Å². The molecule has 0 bridgehead atoms. The molecule has 1 aromatic heterocycles. The average Bonchev–Trinajstić information content (AvgIpc) is 2.71. The first-order chi connectivity index (χ1) is 8.41. The molecule has 6 nitrogen and oxygen atoms in total. The van der Waals surface area contributed by atoms with Gasteiger partial charge < -0.3 is 4.74 Å². The van der Waals surface area contributed by atoms with Crippen molar-refractivity contribution >= 4 is 31.5 Å². The summed E-state index contributed by atoms with van der Waals surface area (Å²) < 4.78 is 27.4. The van der Waals surface area contributed by atoms with Gasteiger partial charge in [-0.25, -0.2) is 8.42 Å². The molecule has 8 heteroatoms. The van der Waals surface area contributed by atoms with Crippen molar-refractivity contribution in [3.63, 3.8) is 0 Å². The van der Waals surface area contributed by atoms with Gasteiger partial charge in [-0.05, 0) is 6.07 Å². The van der Waals surface area contributed by atoms with Crippen molar-refractivity contribution < 1.29 is 17.9 Å². The van der Waals surface area contributed by atoms with Crippen molar-refractivity contribution in [1.29, 1.82) is 0 Å². The van der Waals surface area contributed by atoms with Crippen LogP contribution in [0.5, 0.6) is 5.88 Å². The Bertz CT molecular complexity index is 575. The molecule has 1 saturated heterocycles. The van der Waals surface area contributed by atoms with Gasteiger partial charge >= 0.3 is 0 Å². The van der Waals surface area contributed by atoms with Crippen LogP contribution >= 0.6 is 10.7 Å². The van der Waals surface area contributed by atoms with Crippen LogP contribution < -0.4 is 9.64 Å². The van der Waals surface area contributed by atoms with E-state index >= 15 is 0 Å². The summed E-state index contributed by atoms with van der Waals surface area (Å²) in [5, 5.41) is -0.889. The zero-order chi connectivity index (χ0) is 13.3. The van der Waals surface area contributed by atoms with Crippen molar-refractivity contribution in [2.75, 3.05) is 18.6 Å². The van der Waals surface area contributed by atoms with Crippen LogP contribution in [0.4, 0.5) is 5.82 Å². The molecular weight excluding hydrogens is 280 g/mol. The summed E-state index contributed by atoms with van der Waals surface area (Å²) in [4.78, 5) is 17.1. The number of aromatic nitrogens is 1. The van der Waals surface area contributed by atoms with Crippen molar-refractivity contribution in [3.05, 3.63) is 18.2 Å². The molecule has 0 saturated carbocycles. The van der Waals surface area contributed by atoms with E-state index < -0.39 is 14.3 Å². The number of halogens is 1. The molecule has 1 fully saturated rings. The second-order valence-electron chi connectivity index (χ2n) is 3.84. The van der Waals surface area contributed by atoms with Gasteiger partial charge in [0, 0.05) is 29.7 Å². The van der Waals surface area contributed by atoms with Crippen LogP contribution in [0, 0.1) is 0 Å². The molecule has 1 amide bonds. The molecule has 98 valence electrons. The molecule has 0 N–H and O–H groups in total. The normalized spacial score (nSPS) is 20.2. The lowest BCUT2D eigenvalue weighted by atomic mass is 10.4. The lowest BCUT2D eigenvalue weighted by Gasteiger charge is -2.15. The number of amides is 1. The zero-order valence-electron chi connectivity index (χ0n) is 9.54. The minimum atomic E-state index is -3.74. The van der Waals surface area contributed by atoms with Crippen molar-refractivity contribution in [2.24, 2.45) is 0 Å². The molecule has 18 heavy (non-hydrogen) atoms. The first-order valence-electron chi connectivity index (χ1n) is 5.16. The van der Waals surface area contributed by atoms with E-state index in [4.69, 9.17) is 15.4 Å². The van der Waals surface area contributed by atoms with E-state index in [0.717, 1.165) is 0 Å². The molecular formula is C10H11ClN2O4S. The highest BCUT2D eigenvalue weighted by atomic mass is 35.7. The highest BCUT2D eigenvalue weighted by molar-refractivity contribution is 8.14. The van der Waals surface area contributed by atoms with E-state index in [1.165, 1.54) is 12.0 Å². The third kappa shape index (κ3) is 2.56. The molecule has 0 aliphatic carbocycles. The SMILES string of the molecule is COc1cccc(N2CC(S(=O)(=O)Cl)CC2=O)n1. The summed E-state index contributed by atoms with van der Waals surface area (Å²) in [6.45, 7) is 0.0187. The lowest BCUT2D eigenvalue weighted by molar-refractivity contribution is -0.117. The highest BCUT2D eigenvalue weighted by Gasteiger charge is 2.38. The number of hydrogen-bond acceptors (Lipinski definition) is 5. The molecule has 1 aromatic rings. The second kappa shape index (κ2) is 4.74. The largest absolute Gasteiger partial charge is 0.481 e. The van der Waals surface area contributed by atoms with Gasteiger partial charge in [-0.15, -0.1) is 0 Å². The Kier molecular flexibility index (Phi) is 3.45. The summed E-state index contributed by atoms with van der Waals surface area (Å²) in [5.74, 6) is 0.407. The maximum absolute atomic E-state index is 11.8. The Morgan fingerprint density at radius 3 is 2.78 bits per heavy atom. The van der Waals surface area contributed by atoms with E-state index in [9.17, 15) is 13.2 Å². The van der Waals surface area contributed by atoms with Crippen molar-refractivity contribution in [2.45, 2.75) is 11.7 Å². The Labute approximate surface area is 109 Å². The number of carbonyl (C=O) groups is 1. The summed E-state index contributed by atoms with van der Waals surface area (Å²) in [6.07, 6.45) is -0.120. The minimum absolute atomic E-state index is 0.0187. The molecule has 0 aromatic carbocycles. The molecule has 1 atom stereocenters. The van der Waals surface area contributed by atoms with Gasteiger partial charge in [0.25, 0.3) is 0 Å². The minimum Gasteiger partial charge on any atom is -0.481 e. The monoisotopic (exact) mass is 290 g/mol. The molecule has 1 unspecified atom stereocenters. The first kappa shape index (κ1) is 13.1. The number of nitrogens with zero attached hydrogens (tertiary/aromatic N) is 2. The van der Waals surface area contributed by atoms with E-state index in [1.54, 1.807) is 18.2 Å². The number of carbonyl (C=O) groups excluding carboxylic acids is 1. The van der Waals surface area contributed by atoms with Crippen LogP contribution in [0.2, 0.25) is 0 Å². The molecule has 0 radical (unpaired) electrons. The summed E-state index contributed by atoms with van der Waals surface area (Å²) in [5.41, 5.74) is 0. The third-order valence-corrected chi connectivity index (χ3v) is 4.55. The molecule has 2 rings (SSSR count).